The van der Waals surface area contributed by atoms with Crippen LogP contribution in [-0.2, 0) is 6.54 Å². The lowest BCUT2D eigenvalue weighted by Crippen LogP contribution is -2.17. The third kappa shape index (κ3) is 3.66. The summed E-state index contributed by atoms with van der Waals surface area (Å²) in [6.45, 7) is 0.460. The second-order valence-corrected chi connectivity index (χ2v) is 6.33. The van der Waals surface area contributed by atoms with E-state index in [0.29, 0.717) is 17.4 Å². The number of nitrogens with one attached hydrogen (secondary N) is 1. The molecule has 0 saturated heterocycles. The van der Waals surface area contributed by atoms with Gasteiger partial charge in [-0.15, -0.1) is 0 Å². The van der Waals surface area contributed by atoms with Gasteiger partial charge in [0, 0.05) is 15.6 Å². The molecule has 1 amide bonds. The molecule has 3 aromatic rings. The molecular weight excluding hydrogens is 397 g/mol. The van der Waals surface area contributed by atoms with Crippen LogP contribution in [0.15, 0.2) is 59.2 Å². The van der Waals surface area contributed by atoms with Crippen LogP contribution >= 0.6 is 27.5 Å². The van der Waals surface area contributed by atoms with Gasteiger partial charge in [0.25, 0.3) is 5.91 Å². The minimum atomic E-state index is -0.631. The zero-order chi connectivity index (χ0) is 17.1. The lowest BCUT2D eigenvalue weighted by molar-refractivity contribution is 0.102. The molecule has 0 bridgehead atoms. The summed E-state index contributed by atoms with van der Waals surface area (Å²) in [6.07, 6.45) is 1.57. The van der Waals surface area contributed by atoms with Crippen molar-refractivity contribution in [3.05, 3.63) is 81.2 Å². The molecule has 24 heavy (non-hydrogen) atoms. The number of halogens is 3. The SMILES string of the molecule is O=C(Nc1ccnn1Cc1ccccc1Br)c1cc(Cl)ccc1F. The number of hydrogen-bond acceptors (Lipinski definition) is 2. The number of carbonyl (C=O) groups excluding carboxylic acids is 1. The molecule has 4 nitrogen and oxygen atoms in total. The van der Waals surface area contributed by atoms with E-state index in [0.717, 1.165) is 16.1 Å². The van der Waals surface area contributed by atoms with E-state index in [-0.39, 0.29) is 5.56 Å². The molecule has 0 aliphatic carbocycles. The molecule has 0 aliphatic rings. The van der Waals surface area contributed by atoms with Crippen molar-refractivity contribution in [2.24, 2.45) is 0 Å². The van der Waals surface area contributed by atoms with Crippen LogP contribution in [0.2, 0.25) is 5.02 Å². The van der Waals surface area contributed by atoms with Crippen molar-refractivity contribution in [1.29, 1.82) is 0 Å². The normalized spacial score (nSPS) is 10.6. The number of hydrogen-bond donors (Lipinski definition) is 1. The number of rotatable bonds is 4. The third-order valence-corrected chi connectivity index (χ3v) is 4.42. The molecule has 1 heterocycles. The number of amides is 1. The van der Waals surface area contributed by atoms with Gasteiger partial charge in [-0.1, -0.05) is 45.7 Å². The maximum atomic E-state index is 13.8. The Kier molecular flexibility index (Phi) is 4.97. The Balaban J connectivity index is 1.82. The Morgan fingerprint density at radius 3 is 2.83 bits per heavy atom. The first-order valence-electron chi connectivity index (χ1n) is 7.06. The van der Waals surface area contributed by atoms with Crippen LogP contribution < -0.4 is 5.32 Å². The van der Waals surface area contributed by atoms with Gasteiger partial charge in [-0.25, -0.2) is 9.07 Å². The summed E-state index contributed by atoms with van der Waals surface area (Å²) in [5, 5.41) is 7.16. The molecule has 7 heteroatoms. The fourth-order valence-electron chi connectivity index (χ4n) is 2.21. The first kappa shape index (κ1) is 16.7. The highest BCUT2D eigenvalue weighted by molar-refractivity contribution is 9.10. The summed E-state index contributed by atoms with van der Waals surface area (Å²) < 4.78 is 16.4. The second-order valence-electron chi connectivity index (χ2n) is 5.04. The molecule has 0 spiro atoms. The van der Waals surface area contributed by atoms with Gasteiger partial charge in [-0.05, 0) is 29.8 Å². The van der Waals surface area contributed by atoms with Gasteiger partial charge in [0.2, 0.25) is 0 Å². The predicted molar refractivity (Wildman–Crippen MR) is 94.8 cm³/mol. The Morgan fingerprint density at radius 1 is 1.25 bits per heavy atom. The number of carbonyl (C=O) groups is 1. The third-order valence-electron chi connectivity index (χ3n) is 3.41. The van der Waals surface area contributed by atoms with E-state index >= 15 is 0 Å². The van der Waals surface area contributed by atoms with Gasteiger partial charge < -0.3 is 5.32 Å². The number of benzene rings is 2. The molecule has 0 saturated carbocycles. The van der Waals surface area contributed by atoms with E-state index in [1.807, 2.05) is 24.3 Å². The topological polar surface area (TPSA) is 46.9 Å². The zero-order valence-electron chi connectivity index (χ0n) is 12.3. The number of nitrogens with zero attached hydrogens (tertiary/aromatic N) is 2. The van der Waals surface area contributed by atoms with E-state index in [1.165, 1.54) is 12.1 Å². The first-order valence-corrected chi connectivity index (χ1v) is 8.23. The molecule has 2 aromatic carbocycles. The molecule has 0 radical (unpaired) electrons. The summed E-state index contributed by atoms with van der Waals surface area (Å²) in [5.41, 5.74) is 0.891. The lowest BCUT2D eigenvalue weighted by Gasteiger charge is -2.11. The number of aromatic nitrogens is 2. The van der Waals surface area contributed by atoms with E-state index in [9.17, 15) is 9.18 Å². The van der Waals surface area contributed by atoms with Gasteiger partial charge in [-0.2, -0.15) is 5.10 Å². The largest absolute Gasteiger partial charge is 0.307 e. The summed E-state index contributed by atoms with van der Waals surface area (Å²) in [6, 6.07) is 13.2. The lowest BCUT2D eigenvalue weighted by atomic mass is 10.2. The summed E-state index contributed by atoms with van der Waals surface area (Å²) in [7, 11) is 0. The molecular formula is C17H12BrClFN3O. The fourth-order valence-corrected chi connectivity index (χ4v) is 2.79. The first-order chi connectivity index (χ1) is 11.5. The molecule has 0 fully saturated rings. The molecule has 1 aromatic heterocycles. The van der Waals surface area contributed by atoms with Crippen molar-refractivity contribution in [3.63, 3.8) is 0 Å². The van der Waals surface area contributed by atoms with Gasteiger partial charge in [0.05, 0.1) is 18.3 Å². The quantitative estimate of drug-likeness (QED) is 0.678. The van der Waals surface area contributed by atoms with Crippen LogP contribution in [0.3, 0.4) is 0 Å². The highest BCUT2D eigenvalue weighted by atomic mass is 79.9. The highest BCUT2D eigenvalue weighted by Crippen LogP contribution is 2.20. The van der Waals surface area contributed by atoms with Crippen molar-refractivity contribution in [2.45, 2.75) is 6.54 Å². The fraction of sp³-hybridized carbons (Fsp3) is 0.0588. The van der Waals surface area contributed by atoms with Gasteiger partial charge in [-0.3, -0.25) is 4.79 Å². The van der Waals surface area contributed by atoms with E-state index in [4.69, 9.17) is 11.6 Å². The molecule has 1 N–H and O–H groups in total. The van der Waals surface area contributed by atoms with Crippen LogP contribution in [0.5, 0.6) is 0 Å². The molecule has 0 aliphatic heterocycles. The summed E-state index contributed by atoms with van der Waals surface area (Å²) in [5.74, 6) is -0.743. The van der Waals surface area contributed by atoms with E-state index < -0.39 is 11.7 Å². The molecule has 3 rings (SSSR count). The van der Waals surface area contributed by atoms with Crippen LogP contribution in [0.25, 0.3) is 0 Å². The van der Waals surface area contributed by atoms with Crippen LogP contribution in [0.1, 0.15) is 15.9 Å². The second kappa shape index (κ2) is 7.15. The molecule has 122 valence electrons. The number of anilines is 1. The standard InChI is InChI=1S/C17H12BrClFN3O/c18-14-4-2-1-3-11(14)10-23-16(7-8-21-23)22-17(24)13-9-12(19)5-6-15(13)20/h1-9H,10H2,(H,22,24). The predicted octanol–water partition coefficient (Wildman–Crippen LogP) is 4.74. The Bertz CT molecular complexity index is 897. The summed E-state index contributed by atoms with van der Waals surface area (Å²) >= 11 is 9.31. The maximum Gasteiger partial charge on any atom is 0.259 e. The van der Waals surface area contributed by atoms with Gasteiger partial charge in [0.15, 0.2) is 0 Å². The van der Waals surface area contributed by atoms with Crippen molar-refractivity contribution in [2.75, 3.05) is 5.32 Å². The molecule has 0 atom stereocenters. The van der Waals surface area contributed by atoms with Crippen molar-refractivity contribution in [1.82, 2.24) is 9.78 Å². The van der Waals surface area contributed by atoms with Gasteiger partial charge >= 0.3 is 0 Å². The minimum Gasteiger partial charge on any atom is -0.307 e. The van der Waals surface area contributed by atoms with Gasteiger partial charge in [0.1, 0.15) is 11.6 Å². The average Bonchev–Trinajstić information content (AvgIpc) is 2.99. The highest BCUT2D eigenvalue weighted by Gasteiger charge is 2.15. The Hall–Kier alpha value is -2.18. The van der Waals surface area contributed by atoms with E-state index in [1.54, 1.807) is 16.9 Å². The van der Waals surface area contributed by atoms with Crippen LogP contribution in [-0.4, -0.2) is 15.7 Å². The maximum absolute atomic E-state index is 13.8. The molecule has 0 unspecified atom stereocenters. The van der Waals surface area contributed by atoms with Crippen molar-refractivity contribution >= 4 is 39.3 Å². The van der Waals surface area contributed by atoms with Crippen LogP contribution in [0.4, 0.5) is 10.2 Å². The van der Waals surface area contributed by atoms with E-state index in [2.05, 4.69) is 26.3 Å². The van der Waals surface area contributed by atoms with Crippen molar-refractivity contribution in [3.8, 4) is 0 Å². The zero-order valence-corrected chi connectivity index (χ0v) is 14.7. The Morgan fingerprint density at radius 2 is 2.04 bits per heavy atom. The average molecular weight is 409 g/mol. The minimum absolute atomic E-state index is 0.115. The Labute approximate surface area is 151 Å². The summed E-state index contributed by atoms with van der Waals surface area (Å²) in [4.78, 5) is 12.3. The van der Waals surface area contributed by atoms with Crippen molar-refractivity contribution < 1.29 is 9.18 Å². The monoisotopic (exact) mass is 407 g/mol. The smallest absolute Gasteiger partial charge is 0.259 e. The van der Waals surface area contributed by atoms with Crippen LogP contribution in [0, 0.1) is 5.82 Å².